The van der Waals surface area contributed by atoms with Gasteiger partial charge in [0.05, 0.1) is 0 Å². The molecule has 0 saturated carbocycles. The third kappa shape index (κ3) is 4.48. The van der Waals surface area contributed by atoms with E-state index >= 15 is 0 Å². The first kappa shape index (κ1) is 29.1. The molecule has 1 heterocycles. The van der Waals surface area contributed by atoms with Gasteiger partial charge in [-0.25, -0.2) is 9.98 Å². The number of fused-ring (bicyclic) bond motifs is 6. The summed E-state index contributed by atoms with van der Waals surface area (Å²) in [6, 6.07) is 35.5. The van der Waals surface area contributed by atoms with Crippen LogP contribution < -0.4 is 5.32 Å². The summed E-state index contributed by atoms with van der Waals surface area (Å²) in [5, 5.41) is 3.54. The van der Waals surface area contributed by atoms with E-state index in [2.05, 4.69) is 154 Å². The Hall–Kier alpha value is -5.02. The molecular formula is C45H41N3. The van der Waals surface area contributed by atoms with Gasteiger partial charge < -0.3 is 5.32 Å². The van der Waals surface area contributed by atoms with Gasteiger partial charge in [0.15, 0.2) is 6.17 Å². The van der Waals surface area contributed by atoms with Crippen LogP contribution in [-0.4, -0.2) is 11.7 Å². The molecule has 236 valence electrons. The largest absolute Gasteiger partial charge is 0.325 e. The first-order valence-corrected chi connectivity index (χ1v) is 17.4. The molecule has 0 saturated heterocycles. The van der Waals surface area contributed by atoms with Gasteiger partial charge in [-0.3, -0.25) is 0 Å². The van der Waals surface area contributed by atoms with Gasteiger partial charge in [0, 0.05) is 16.9 Å². The van der Waals surface area contributed by atoms with Crippen molar-refractivity contribution in [1.82, 2.24) is 5.32 Å². The molecule has 9 rings (SSSR count). The predicted octanol–water partition coefficient (Wildman–Crippen LogP) is 10.4. The number of rotatable bonds is 4. The van der Waals surface area contributed by atoms with Crippen LogP contribution in [0.5, 0.6) is 0 Å². The van der Waals surface area contributed by atoms with E-state index in [0.717, 1.165) is 35.6 Å². The Labute approximate surface area is 284 Å². The van der Waals surface area contributed by atoms with Gasteiger partial charge in [0.2, 0.25) is 0 Å². The molecule has 3 nitrogen and oxygen atoms in total. The predicted molar refractivity (Wildman–Crippen MR) is 199 cm³/mol. The molecule has 1 aliphatic heterocycles. The molecule has 0 amide bonds. The van der Waals surface area contributed by atoms with Crippen LogP contribution >= 0.6 is 0 Å². The minimum atomic E-state index is -0.299. The van der Waals surface area contributed by atoms with E-state index in [9.17, 15) is 0 Å². The topological polar surface area (TPSA) is 36.8 Å². The zero-order chi connectivity index (χ0) is 32.6. The van der Waals surface area contributed by atoms with Crippen molar-refractivity contribution in [2.24, 2.45) is 15.9 Å². The summed E-state index contributed by atoms with van der Waals surface area (Å²) >= 11 is 0. The smallest absolute Gasteiger partial charge is 0.169 e. The van der Waals surface area contributed by atoms with Crippen LogP contribution in [0.2, 0.25) is 0 Å². The number of nitrogens with zero attached hydrogens (tertiary/aromatic N) is 2. The fourth-order valence-corrected chi connectivity index (χ4v) is 8.79. The monoisotopic (exact) mass is 623 g/mol. The lowest BCUT2D eigenvalue weighted by atomic mass is 9.69. The van der Waals surface area contributed by atoms with E-state index in [-0.39, 0.29) is 17.0 Å². The molecule has 3 atom stereocenters. The Morgan fingerprint density at radius 3 is 2.25 bits per heavy atom. The van der Waals surface area contributed by atoms with Gasteiger partial charge in [-0.1, -0.05) is 149 Å². The Bertz CT molecular complexity index is 2150. The molecule has 3 heteroatoms. The maximum Gasteiger partial charge on any atom is 0.169 e. The van der Waals surface area contributed by atoms with Crippen molar-refractivity contribution in [2.75, 3.05) is 0 Å². The molecule has 48 heavy (non-hydrogen) atoms. The average molecular weight is 624 g/mol. The van der Waals surface area contributed by atoms with E-state index < -0.39 is 0 Å². The lowest BCUT2D eigenvalue weighted by Gasteiger charge is -2.34. The van der Waals surface area contributed by atoms with E-state index in [1.54, 1.807) is 0 Å². The number of amidine groups is 2. The number of hydrogen-bond donors (Lipinski definition) is 1. The summed E-state index contributed by atoms with van der Waals surface area (Å²) in [6.07, 6.45) is 13.4. The van der Waals surface area contributed by atoms with Crippen molar-refractivity contribution in [2.45, 2.75) is 63.5 Å². The standard InChI is InChI=1S/C45H41N3/c1-44(2)37-18-12-11-17-33(37)35-26-36-34-24-23-32(25-38(34)45(3,4)40(36)27-39(35)44)28-19-21-31(22-20-28)43-47-41(29-13-7-5-8-14-29)46-42(48-43)30-15-9-6-10-16-30/h5-9,11-15,17-27,35,39,43H,10,16H2,1-4H3,(H,46,47,48). The Morgan fingerprint density at radius 1 is 0.708 bits per heavy atom. The highest BCUT2D eigenvalue weighted by molar-refractivity contribution is 6.15. The molecule has 0 fully saturated rings. The average Bonchev–Trinajstić information content (AvgIpc) is 3.50. The first-order chi connectivity index (χ1) is 23.3. The maximum absolute atomic E-state index is 5.11. The van der Waals surface area contributed by atoms with Crippen LogP contribution in [0.15, 0.2) is 149 Å². The third-order valence-electron chi connectivity index (χ3n) is 11.5. The van der Waals surface area contributed by atoms with Gasteiger partial charge in [-0.2, -0.15) is 0 Å². The quantitative estimate of drug-likeness (QED) is 0.241. The van der Waals surface area contributed by atoms with E-state index in [0.29, 0.717) is 11.8 Å². The third-order valence-corrected chi connectivity index (χ3v) is 11.5. The minimum Gasteiger partial charge on any atom is -0.325 e. The van der Waals surface area contributed by atoms with E-state index in [1.807, 2.05) is 6.07 Å². The van der Waals surface area contributed by atoms with Crippen LogP contribution in [0.1, 0.15) is 86.0 Å². The Morgan fingerprint density at radius 2 is 1.46 bits per heavy atom. The summed E-state index contributed by atoms with van der Waals surface area (Å²) < 4.78 is 0. The summed E-state index contributed by atoms with van der Waals surface area (Å²) in [5.74, 6) is 2.69. The van der Waals surface area contributed by atoms with Crippen LogP contribution in [0.3, 0.4) is 0 Å². The SMILES string of the molecule is CC1(C)C2=CC3C(C=C2c2ccc(-c4ccc(C5N=C(C6=CC=CCC6)NC(c6ccccc6)=N5)cc4)cc21)c1ccccc1C3(C)C. The van der Waals surface area contributed by atoms with Gasteiger partial charge in [0.25, 0.3) is 0 Å². The van der Waals surface area contributed by atoms with Gasteiger partial charge in [-0.15, -0.1) is 0 Å². The molecule has 0 radical (unpaired) electrons. The summed E-state index contributed by atoms with van der Waals surface area (Å²) in [7, 11) is 0. The molecule has 0 bridgehead atoms. The number of nitrogens with one attached hydrogen (secondary N) is 1. The summed E-state index contributed by atoms with van der Waals surface area (Å²) in [6.45, 7) is 9.68. The highest BCUT2D eigenvalue weighted by Crippen LogP contribution is 2.60. The molecule has 4 aliphatic carbocycles. The van der Waals surface area contributed by atoms with Gasteiger partial charge in [0.1, 0.15) is 11.7 Å². The lowest BCUT2D eigenvalue weighted by molar-refractivity contribution is 0.390. The van der Waals surface area contributed by atoms with Crippen molar-refractivity contribution in [3.05, 3.63) is 172 Å². The van der Waals surface area contributed by atoms with Crippen molar-refractivity contribution in [3.8, 4) is 11.1 Å². The first-order valence-electron chi connectivity index (χ1n) is 17.4. The highest BCUT2D eigenvalue weighted by Gasteiger charge is 2.49. The molecule has 0 spiro atoms. The normalized spacial score (nSPS) is 24.1. The minimum absolute atomic E-state index is 0.0568. The summed E-state index contributed by atoms with van der Waals surface area (Å²) in [5.41, 5.74) is 14.6. The van der Waals surface area contributed by atoms with Crippen LogP contribution in [-0.2, 0) is 10.8 Å². The number of aliphatic imine (C=N–C) groups is 2. The zero-order valence-corrected chi connectivity index (χ0v) is 28.2. The highest BCUT2D eigenvalue weighted by atomic mass is 15.2. The molecule has 1 N–H and O–H groups in total. The van der Waals surface area contributed by atoms with Crippen molar-refractivity contribution in [1.29, 1.82) is 0 Å². The van der Waals surface area contributed by atoms with Crippen molar-refractivity contribution < 1.29 is 0 Å². The molecular weight excluding hydrogens is 583 g/mol. The van der Waals surface area contributed by atoms with Crippen LogP contribution in [0.25, 0.3) is 16.7 Å². The second kappa shape index (κ2) is 10.8. The Kier molecular flexibility index (Phi) is 6.53. The lowest BCUT2D eigenvalue weighted by Crippen LogP contribution is -2.36. The van der Waals surface area contributed by atoms with Crippen molar-refractivity contribution in [3.63, 3.8) is 0 Å². The molecule has 3 unspecified atom stereocenters. The van der Waals surface area contributed by atoms with Gasteiger partial charge >= 0.3 is 0 Å². The zero-order valence-electron chi connectivity index (χ0n) is 28.2. The number of hydrogen-bond acceptors (Lipinski definition) is 3. The fraction of sp³-hybridized carbons (Fsp3) is 0.244. The second-order valence-corrected chi connectivity index (χ2v) is 15.0. The van der Waals surface area contributed by atoms with Crippen molar-refractivity contribution >= 4 is 17.2 Å². The Balaban J connectivity index is 1.05. The maximum atomic E-state index is 5.11. The fourth-order valence-electron chi connectivity index (χ4n) is 8.79. The molecule has 4 aromatic carbocycles. The second-order valence-electron chi connectivity index (χ2n) is 15.0. The molecule has 0 aromatic heterocycles. The number of allylic oxidation sites excluding steroid dienone is 7. The van der Waals surface area contributed by atoms with Crippen LogP contribution in [0, 0.1) is 5.92 Å². The summed E-state index contributed by atoms with van der Waals surface area (Å²) in [4.78, 5) is 10.2. The molecule has 5 aliphatic rings. The van der Waals surface area contributed by atoms with Gasteiger partial charge in [-0.05, 0) is 85.9 Å². The van der Waals surface area contributed by atoms with E-state index in [1.165, 1.54) is 50.1 Å². The van der Waals surface area contributed by atoms with E-state index in [4.69, 9.17) is 9.98 Å². The number of benzene rings is 4. The molecule has 4 aromatic rings. The van der Waals surface area contributed by atoms with Crippen LogP contribution in [0.4, 0.5) is 0 Å².